The first-order valence-corrected chi connectivity index (χ1v) is 11.9. The summed E-state index contributed by atoms with van der Waals surface area (Å²) in [4.78, 5) is 12.3. The van der Waals surface area contributed by atoms with E-state index in [0.29, 0.717) is 0 Å². The lowest BCUT2D eigenvalue weighted by Crippen LogP contribution is -2.37. The highest BCUT2D eigenvalue weighted by atomic mass is 32.2. The van der Waals surface area contributed by atoms with E-state index < -0.39 is 0 Å². The third kappa shape index (κ3) is 4.53. The molecular weight excluding hydrogens is 404 g/mol. The van der Waals surface area contributed by atoms with Gasteiger partial charge in [0.15, 0.2) is 5.82 Å². The third-order valence-corrected chi connectivity index (χ3v) is 6.93. The molecule has 0 radical (unpaired) electrons. The van der Waals surface area contributed by atoms with Crippen molar-refractivity contribution in [1.29, 1.82) is 0 Å². The number of fused-ring (bicyclic) bond motifs is 1. The summed E-state index contributed by atoms with van der Waals surface area (Å²) in [5.41, 5.74) is 3.15. The van der Waals surface area contributed by atoms with Gasteiger partial charge in [-0.3, -0.25) is 9.40 Å². The highest BCUT2D eigenvalue weighted by Gasteiger charge is 2.21. The van der Waals surface area contributed by atoms with E-state index in [0.717, 1.165) is 77.3 Å². The summed E-state index contributed by atoms with van der Waals surface area (Å²) in [6.45, 7) is 6.30. The minimum atomic E-state index is 0.733. The van der Waals surface area contributed by atoms with Gasteiger partial charge < -0.3 is 9.64 Å². The second-order valence-corrected chi connectivity index (χ2v) is 8.99. The van der Waals surface area contributed by atoms with Crippen LogP contribution in [0.1, 0.15) is 5.56 Å². The third-order valence-electron chi connectivity index (χ3n) is 5.07. The van der Waals surface area contributed by atoms with Gasteiger partial charge in [-0.05, 0) is 26.3 Å². The summed E-state index contributed by atoms with van der Waals surface area (Å²) < 4.78 is 7.78. The number of H-pyrrole nitrogens is 1. The molecule has 1 fully saturated rings. The van der Waals surface area contributed by atoms with Crippen molar-refractivity contribution in [1.82, 2.24) is 24.5 Å². The summed E-state index contributed by atoms with van der Waals surface area (Å²) in [5.74, 6) is 2.75. The van der Waals surface area contributed by atoms with Gasteiger partial charge in [-0.15, -0.1) is 11.8 Å². The lowest BCUT2D eigenvalue weighted by molar-refractivity contribution is 0.122. The zero-order valence-corrected chi connectivity index (χ0v) is 18.6. The summed E-state index contributed by atoms with van der Waals surface area (Å²) >= 11 is 3.54. The Kier molecular flexibility index (Phi) is 6.59. The van der Waals surface area contributed by atoms with E-state index in [2.05, 4.69) is 45.7 Å². The van der Waals surface area contributed by atoms with Gasteiger partial charge in [0.2, 0.25) is 0 Å². The van der Waals surface area contributed by atoms with Crippen molar-refractivity contribution in [3.63, 3.8) is 0 Å². The molecule has 0 unspecified atom stereocenters. The average Bonchev–Trinajstić information content (AvgIpc) is 3.24. The molecule has 1 aliphatic heterocycles. The zero-order valence-electron chi connectivity index (χ0n) is 17.0. The molecule has 0 spiro atoms. The number of nitrogens with one attached hydrogen (secondary N) is 1. The quantitative estimate of drug-likeness (QED) is 0.347. The Morgan fingerprint density at radius 2 is 2.07 bits per heavy atom. The normalized spacial score (nSPS) is 14.8. The van der Waals surface area contributed by atoms with Crippen LogP contribution in [0, 0.1) is 6.92 Å². The fourth-order valence-corrected chi connectivity index (χ4v) is 4.76. The van der Waals surface area contributed by atoms with Crippen molar-refractivity contribution in [3.8, 4) is 11.4 Å². The van der Waals surface area contributed by atoms with Gasteiger partial charge in [0, 0.05) is 41.9 Å². The molecule has 0 atom stereocenters. The first kappa shape index (κ1) is 20.5. The van der Waals surface area contributed by atoms with E-state index in [1.165, 1.54) is 0 Å². The Labute approximate surface area is 179 Å². The molecule has 3 aromatic rings. The maximum Gasteiger partial charge on any atom is 0.163 e. The molecule has 3 heterocycles. The van der Waals surface area contributed by atoms with Crippen LogP contribution in [-0.2, 0) is 4.74 Å². The Bertz CT molecular complexity index is 973. The summed E-state index contributed by atoms with van der Waals surface area (Å²) in [5, 5.41) is 9.33. The number of aromatic nitrogens is 4. The number of aromatic amines is 1. The van der Waals surface area contributed by atoms with Crippen molar-refractivity contribution < 1.29 is 4.74 Å². The monoisotopic (exact) mass is 430 g/mol. The van der Waals surface area contributed by atoms with Crippen LogP contribution in [-0.4, -0.2) is 76.4 Å². The first-order valence-electron chi connectivity index (χ1n) is 9.69. The SMILES string of the molecule is CSN(C)CCSc1nc(-c2cccc3[nH]ncc23)nc(N2CCOCC2)c1C. The second kappa shape index (κ2) is 9.34. The minimum Gasteiger partial charge on any atom is -0.378 e. The summed E-state index contributed by atoms with van der Waals surface area (Å²) in [7, 11) is 2.11. The zero-order chi connectivity index (χ0) is 20.2. The first-order chi connectivity index (χ1) is 14.2. The van der Waals surface area contributed by atoms with Crippen LogP contribution in [0.15, 0.2) is 29.4 Å². The smallest absolute Gasteiger partial charge is 0.163 e. The minimum absolute atomic E-state index is 0.733. The van der Waals surface area contributed by atoms with Gasteiger partial charge in [0.1, 0.15) is 10.8 Å². The topological polar surface area (TPSA) is 70.2 Å². The number of anilines is 1. The number of morpholine rings is 1. The lowest BCUT2D eigenvalue weighted by atomic mass is 10.1. The average molecular weight is 431 g/mol. The summed E-state index contributed by atoms with van der Waals surface area (Å²) in [6.07, 6.45) is 3.95. The molecule has 0 saturated carbocycles. The molecule has 2 aromatic heterocycles. The highest BCUT2D eigenvalue weighted by Crippen LogP contribution is 2.33. The fourth-order valence-electron chi connectivity index (χ4n) is 3.35. The number of benzene rings is 1. The molecule has 0 amide bonds. The van der Waals surface area contributed by atoms with Gasteiger partial charge >= 0.3 is 0 Å². The molecule has 1 saturated heterocycles. The van der Waals surface area contributed by atoms with Gasteiger partial charge in [0.25, 0.3) is 0 Å². The van der Waals surface area contributed by atoms with E-state index in [9.17, 15) is 0 Å². The van der Waals surface area contributed by atoms with E-state index >= 15 is 0 Å². The Balaban J connectivity index is 1.74. The fraction of sp³-hybridized carbons (Fsp3) is 0.450. The summed E-state index contributed by atoms with van der Waals surface area (Å²) in [6, 6.07) is 6.12. The van der Waals surface area contributed by atoms with Crippen molar-refractivity contribution in [2.75, 3.05) is 56.8 Å². The molecule has 0 bridgehead atoms. The predicted octanol–water partition coefficient (Wildman–Crippen LogP) is 3.47. The van der Waals surface area contributed by atoms with Crippen molar-refractivity contribution in [3.05, 3.63) is 30.0 Å². The number of nitrogens with zero attached hydrogens (tertiary/aromatic N) is 5. The van der Waals surface area contributed by atoms with Crippen LogP contribution in [0.3, 0.4) is 0 Å². The van der Waals surface area contributed by atoms with Crippen LogP contribution < -0.4 is 4.90 Å². The molecule has 29 heavy (non-hydrogen) atoms. The number of rotatable bonds is 7. The second-order valence-electron chi connectivity index (χ2n) is 6.92. The molecule has 0 aliphatic carbocycles. The Hall–Kier alpha value is -1.81. The van der Waals surface area contributed by atoms with E-state index in [-0.39, 0.29) is 0 Å². The molecule has 1 aliphatic rings. The van der Waals surface area contributed by atoms with Crippen molar-refractivity contribution >= 4 is 40.4 Å². The standard InChI is InChI=1S/C20H26N6OS2/c1-14-19(26-7-10-27-11-8-26)22-18(23-20(14)29-12-9-25(2)28-3)15-5-4-6-17-16(15)13-21-24-17/h4-6,13H,7-12H2,1-3H3,(H,21,24). The van der Waals surface area contributed by atoms with Crippen LogP contribution in [0.4, 0.5) is 5.82 Å². The predicted molar refractivity (Wildman–Crippen MR) is 122 cm³/mol. The van der Waals surface area contributed by atoms with Gasteiger partial charge in [-0.2, -0.15) is 5.10 Å². The molecule has 154 valence electrons. The van der Waals surface area contributed by atoms with Gasteiger partial charge in [-0.25, -0.2) is 9.97 Å². The lowest BCUT2D eigenvalue weighted by Gasteiger charge is -2.29. The molecule has 1 aromatic carbocycles. The number of hydrogen-bond acceptors (Lipinski definition) is 8. The number of hydrogen-bond donors (Lipinski definition) is 1. The number of thioether (sulfide) groups is 1. The van der Waals surface area contributed by atoms with Gasteiger partial charge in [-0.1, -0.05) is 24.1 Å². The van der Waals surface area contributed by atoms with E-state index in [4.69, 9.17) is 14.7 Å². The maximum absolute atomic E-state index is 5.55. The number of ether oxygens (including phenoxy) is 1. The highest BCUT2D eigenvalue weighted by molar-refractivity contribution is 7.99. The molecular formula is C20H26N6OS2. The largest absolute Gasteiger partial charge is 0.378 e. The van der Waals surface area contributed by atoms with Crippen LogP contribution in [0.25, 0.3) is 22.3 Å². The Morgan fingerprint density at radius 3 is 2.86 bits per heavy atom. The van der Waals surface area contributed by atoms with Crippen molar-refractivity contribution in [2.45, 2.75) is 11.9 Å². The molecule has 7 nitrogen and oxygen atoms in total. The van der Waals surface area contributed by atoms with E-state index in [1.54, 1.807) is 23.7 Å². The van der Waals surface area contributed by atoms with Crippen LogP contribution in [0.2, 0.25) is 0 Å². The van der Waals surface area contributed by atoms with Gasteiger partial charge in [0.05, 0.1) is 24.9 Å². The maximum atomic E-state index is 5.55. The van der Waals surface area contributed by atoms with Crippen molar-refractivity contribution in [2.24, 2.45) is 0 Å². The molecule has 9 heteroatoms. The molecule has 4 rings (SSSR count). The molecule has 1 N–H and O–H groups in total. The van der Waals surface area contributed by atoms with Crippen LogP contribution in [0.5, 0.6) is 0 Å². The van der Waals surface area contributed by atoms with E-state index in [1.807, 2.05) is 18.3 Å². The Morgan fingerprint density at radius 1 is 1.24 bits per heavy atom. The van der Waals surface area contributed by atoms with Crippen LogP contribution >= 0.6 is 23.7 Å².